The second-order valence-electron chi connectivity index (χ2n) is 8.23. The average Bonchev–Trinajstić information content (AvgIpc) is 3.53. The van der Waals surface area contributed by atoms with Crippen molar-refractivity contribution in [2.45, 2.75) is 31.3 Å². The second-order valence-corrected chi connectivity index (χ2v) is 11.6. The van der Waals surface area contributed by atoms with Crippen LogP contribution in [0.25, 0.3) is 11.0 Å². The van der Waals surface area contributed by atoms with E-state index >= 15 is 0 Å². The second kappa shape index (κ2) is 10.8. The third-order valence-corrected chi connectivity index (χ3v) is 8.05. The molecular weight excluding hydrogens is 534 g/mol. The van der Waals surface area contributed by atoms with Gasteiger partial charge in [-0.25, -0.2) is 21.6 Å². The first kappa shape index (κ1) is 27.2. The highest BCUT2D eigenvalue weighted by atomic mass is 32.2. The fourth-order valence-electron chi connectivity index (χ4n) is 3.76. The summed E-state index contributed by atoms with van der Waals surface area (Å²) >= 11 is 0. The molecule has 2 aromatic heterocycles. The van der Waals surface area contributed by atoms with E-state index in [1.165, 1.54) is 14.2 Å². The Labute approximate surface area is 220 Å². The van der Waals surface area contributed by atoms with Gasteiger partial charge in [0.2, 0.25) is 10.0 Å². The van der Waals surface area contributed by atoms with Crippen LogP contribution in [0.2, 0.25) is 0 Å². The molecule has 0 spiro atoms. The Bertz CT molecular complexity index is 1690. The Morgan fingerprint density at radius 2 is 1.82 bits per heavy atom. The van der Waals surface area contributed by atoms with Crippen LogP contribution in [0.3, 0.4) is 0 Å². The van der Waals surface area contributed by atoms with Crippen LogP contribution in [0.15, 0.2) is 64.1 Å². The van der Waals surface area contributed by atoms with Gasteiger partial charge in [-0.05, 0) is 41.8 Å². The Morgan fingerprint density at radius 1 is 1.05 bits per heavy atom. The molecule has 0 aliphatic rings. The molecule has 0 aliphatic heterocycles. The highest BCUT2D eigenvalue weighted by Crippen LogP contribution is 2.36. The van der Waals surface area contributed by atoms with Crippen molar-refractivity contribution in [2.24, 2.45) is 0 Å². The van der Waals surface area contributed by atoms with Crippen molar-refractivity contribution in [1.82, 2.24) is 19.7 Å². The molecule has 2 N–H and O–H groups in total. The van der Waals surface area contributed by atoms with Gasteiger partial charge in [0.1, 0.15) is 21.8 Å². The lowest BCUT2D eigenvalue weighted by Gasteiger charge is -2.12. The van der Waals surface area contributed by atoms with Gasteiger partial charge in [0.05, 0.1) is 27.0 Å². The highest BCUT2D eigenvalue weighted by Gasteiger charge is 2.25. The monoisotopic (exact) mass is 561 g/mol. The number of hydrogen-bond donors (Lipinski definition) is 2. The van der Waals surface area contributed by atoms with Gasteiger partial charge in [-0.15, -0.1) is 0 Å². The van der Waals surface area contributed by atoms with Crippen LogP contribution in [-0.2, 0) is 39.6 Å². The van der Waals surface area contributed by atoms with E-state index in [2.05, 4.69) is 26.3 Å². The average molecular weight is 562 g/mol. The van der Waals surface area contributed by atoms with Crippen molar-refractivity contribution in [3.05, 3.63) is 71.4 Å². The van der Waals surface area contributed by atoms with Gasteiger partial charge in [0.25, 0.3) is 10.0 Å². The summed E-state index contributed by atoms with van der Waals surface area (Å²) in [5.74, 6) is 0.521. The van der Waals surface area contributed by atoms with E-state index in [0.29, 0.717) is 35.2 Å². The van der Waals surface area contributed by atoms with Crippen molar-refractivity contribution in [1.29, 1.82) is 0 Å². The van der Waals surface area contributed by atoms with Crippen LogP contribution >= 0.6 is 0 Å². The molecule has 0 aliphatic carbocycles. The van der Waals surface area contributed by atoms with Gasteiger partial charge in [0, 0.05) is 23.7 Å². The number of sulfonamides is 2. The molecule has 0 saturated carbocycles. The molecule has 0 fully saturated rings. The van der Waals surface area contributed by atoms with Crippen molar-refractivity contribution in [3.8, 4) is 11.5 Å². The zero-order valence-corrected chi connectivity index (χ0v) is 22.6. The Hall–Kier alpha value is -3.88. The SMILES string of the molecule is C=CS(=O)(=O)NCc1cnn(Cc2cc(OC)c3c(NS(=O)(=O)c4cc(CC)ccc4OC)noc3c2)c1. The molecule has 12 nitrogen and oxygen atoms in total. The van der Waals surface area contributed by atoms with Gasteiger partial charge in [-0.2, -0.15) is 5.10 Å². The minimum atomic E-state index is -4.07. The van der Waals surface area contributed by atoms with Crippen LogP contribution in [0.4, 0.5) is 5.82 Å². The lowest BCUT2D eigenvalue weighted by molar-refractivity contribution is 0.402. The number of anilines is 1. The van der Waals surface area contributed by atoms with Crippen LogP contribution in [-0.4, -0.2) is 46.0 Å². The molecule has 0 saturated heterocycles. The van der Waals surface area contributed by atoms with E-state index in [1.54, 1.807) is 47.4 Å². The zero-order chi connectivity index (χ0) is 27.5. The molecule has 0 atom stereocenters. The molecule has 0 unspecified atom stereocenters. The maximum atomic E-state index is 13.3. The molecule has 2 heterocycles. The number of hydrogen-bond acceptors (Lipinski definition) is 9. The lowest BCUT2D eigenvalue weighted by atomic mass is 10.1. The Morgan fingerprint density at radius 3 is 2.50 bits per heavy atom. The quantitative estimate of drug-likeness (QED) is 0.266. The first-order valence-corrected chi connectivity index (χ1v) is 14.4. The number of nitrogens with one attached hydrogen (secondary N) is 2. The third-order valence-electron chi connectivity index (χ3n) is 5.70. The third kappa shape index (κ3) is 5.82. The van der Waals surface area contributed by atoms with Crippen LogP contribution in [0.1, 0.15) is 23.6 Å². The van der Waals surface area contributed by atoms with Crippen molar-refractivity contribution in [2.75, 3.05) is 18.9 Å². The molecule has 38 heavy (non-hydrogen) atoms. The molecule has 0 radical (unpaired) electrons. The minimum absolute atomic E-state index is 0.0176. The predicted molar refractivity (Wildman–Crippen MR) is 141 cm³/mol. The molecule has 0 amide bonds. The van der Waals surface area contributed by atoms with Gasteiger partial charge < -0.3 is 14.0 Å². The van der Waals surface area contributed by atoms with E-state index in [1.807, 2.05) is 6.92 Å². The summed E-state index contributed by atoms with van der Waals surface area (Å²) in [6.45, 7) is 5.55. The summed E-state index contributed by atoms with van der Waals surface area (Å²) in [7, 11) is -4.77. The maximum Gasteiger partial charge on any atom is 0.266 e. The van der Waals surface area contributed by atoms with Crippen LogP contribution in [0.5, 0.6) is 11.5 Å². The maximum absolute atomic E-state index is 13.3. The van der Waals surface area contributed by atoms with Gasteiger partial charge in [-0.1, -0.05) is 24.7 Å². The normalized spacial score (nSPS) is 12.0. The number of nitrogens with zero attached hydrogens (tertiary/aromatic N) is 3. The van der Waals surface area contributed by atoms with Crippen LogP contribution in [0, 0.1) is 0 Å². The number of fused-ring (bicyclic) bond motifs is 1. The lowest BCUT2D eigenvalue weighted by Crippen LogP contribution is -2.19. The fraction of sp³-hybridized carbons (Fsp3) is 0.250. The highest BCUT2D eigenvalue weighted by molar-refractivity contribution is 7.93. The van der Waals surface area contributed by atoms with Gasteiger partial charge in [0.15, 0.2) is 11.4 Å². The van der Waals surface area contributed by atoms with Gasteiger partial charge >= 0.3 is 0 Å². The summed E-state index contributed by atoms with van der Waals surface area (Å²) < 4.78 is 72.4. The van der Waals surface area contributed by atoms with E-state index < -0.39 is 20.0 Å². The number of aryl methyl sites for hydroxylation is 1. The largest absolute Gasteiger partial charge is 0.496 e. The first-order valence-electron chi connectivity index (χ1n) is 11.4. The molecular formula is C24H27N5O7S2. The van der Waals surface area contributed by atoms with Gasteiger partial charge in [-0.3, -0.25) is 9.40 Å². The van der Waals surface area contributed by atoms with Crippen molar-refractivity contribution >= 4 is 36.8 Å². The Balaban J connectivity index is 1.60. The number of ether oxygens (including phenoxy) is 2. The molecule has 14 heteroatoms. The van der Waals surface area contributed by atoms with Crippen molar-refractivity contribution in [3.63, 3.8) is 0 Å². The summed E-state index contributed by atoms with van der Waals surface area (Å²) in [6, 6.07) is 8.38. The summed E-state index contributed by atoms with van der Waals surface area (Å²) in [5.41, 5.74) is 2.52. The standard InChI is InChI=1S/C24H27N5O7S2/c1-5-16-7-8-19(34-3)22(11-16)38(32,33)28-24-23-20(35-4)9-17(10-21(23)36-27-24)14-29-15-18(12-25-29)13-26-37(30,31)6-2/h6-12,15,26H,2,5,13-14H2,1,3-4H3,(H,27,28). The molecule has 4 rings (SSSR count). The number of rotatable bonds is 12. The zero-order valence-electron chi connectivity index (χ0n) is 21.0. The molecule has 4 aromatic rings. The van der Waals surface area contributed by atoms with Crippen molar-refractivity contribution < 1.29 is 30.8 Å². The van der Waals surface area contributed by atoms with E-state index in [4.69, 9.17) is 14.0 Å². The fourth-order valence-corrected chi connectivity index (χ4v) is 5.47. The number of methoxy groups -OCH3 is 2. The molecule has 202 valence electrons. The molecule has 2 aromatic carbocycles. The minimum Gasteiger partial charge on any atom is -0.496 e. The summed E-state index contributed by atoms with van der Waals surface area (Å²) in [5, 5.41) is 9.38. The predicted octanol–water partition coefficient (Wildman–Crippen LogP) is 3.02. The smallest absolute Gasteiger partial charge is 0.266 e. The summed E-state index contributed by atoms with van der Waals surface area (Å²) in [6.07, 6.45) is 3.89. The number of benzene rings is 2. The molecule has 0 bridgehead atoms. The number of aromatic nitrogens is 3. The first-order chi connectivity index (χ1) is 18.1. The topological polar surface area (TPSA) is 155 Å². The van der Waals surface area contributed by atoms with E-state index in [-0.39, 0.29) is 23.0 Å². The Kier molecular flexibility index (Phi) is 7.76. The van der Waals surface area contributed by atoms with Crippen LogP contribution < -0.4 is 18.9 Å². The van der Waals surface area contributed by atoms with E-state index in [0.717, 1.165) is 16.5 Å². The summed E-state index contributed by atoms with van der Waals surface area (Å²) in [4.78, 5) is -0.0176. The van der Waals surface area contributed by atoms with E-state index in [9.17, 15) is 16.8 Å².